The molecule has 3 atom stereocenters. The fourth-order valence-corrected chi connectivity index (χ4v) is 2.09. The molecule has 4 heteroatoms. The maximum Gasteiger partial charge on any atom is 0.241 e. The number of aliphatic hydroxyl groups excluding tert-OH is 1. The molecule has 0 aliphatic heterocycles. The summed E-state index contributed by atoms with van der Waals surface area (Å²) in [5, 5.41) is 9.63. The first-order chi connectivity index (χ1) is 8.99. The van der Waals surface area contributed by atoms with Crippen LogP contribution in [0.3, 0.4) is 0 Å². The van der Waals surface area contributed by atoms with Crippen LogP contribution in [0, 0.1) is 0 Å². The molecular formula is C15H20ClNO2. The number of allylic oxidation sites excluding steroid dienone is 1. The third-order valence-corrected chi connectivity index (χ3v) is 3.56. The first kappa shape index (κ1) is 15.7. The molecule has 1 unspecified atom stereocenters. The number of aliphatic hydroxyl groups is 1. The van der Waals surface area contributed by atoms with Gasteiger partial charge in [-0.25, -0.2) is 0 Å². The predicted octanol–water partition coefficient (Wildman–Crippen LogP) is 2.75. The fourth-order valence-electron chi connectivity index (χ4n) is 1.81. The van der Waals surface area contributed by atoms with Crippen LogP contribution < -0.4 is 0 Å². The van der Waals surface area contributed by atoms with Crippen LogP contribution in [0.2, 0.25) is 0 Å². The lowest BCUT2D eigenvalue weighted by atomic mass is 10.0. The van der Waals surface area contributed by atoms with Crippen molar-refractivity contribution in [2.45, 2.75) is 30.9 Å². The number of carbonyl (C=O) groups is 1. The van der Waals surface area contributed by atoms with Gasteiger partial charge in [-0.3, -0.25) is 4.79 Å². The van der Waals surface area contributed by atoms with Gasteiger partial charge in [0.05, 0.1) is 12.1 Å². The number of rotatable bonds is 6. The molecule has 0 heterocycles. The van der Waals surface area contributed by atoms with Crippen molar-refractivity contribution in [3.05, 3.63) is 48.6 Å². The Morgan fingerprint density at radius 1 is 1.47 bits per heavy atom. The van der Waals surface area contributed by atoms with Crippen molar-refractivity contribution >= 4 is 17.5 Å². The third-order valence-electron chi connectivity index (χ3n) is 3.20. The first-order valence-electron chi connectivity index (χ1n) is 6.23. The highest BCUT2D eigenvalue weighted by molar-refractivity contribution is 6.30. The first-order valence-corrected chi connectivity index (χ1v) is 6.67. The second kappa shape index (κ2) is 7.31. The van der Waals surface area contributed by atoms with Crippen molar-refractivity contribution in [3.8, 4) is 0 Å². The van der Waals surface area contributed by atoms with E-state index in [0.717, 1.165) is 5.56 Å². The van der Waals surface area contributed by atoms with Crippen LogP contribution in [0.4, 0.5) is 0 Å². The highest BCUT2D eigenvalue weighted by atomic mass is 35.5. The molecular weight excluding hydrogens is 262 g/mol. The van der Waals surface area contributed by atoms with Gasteiger partial charge >= 0.3 is 0 Å². The van der Waals surface area contributed by atoms with E-state index in [1.807, 2.05) is 30.3 Å². The maximum absolute atomic E-state index is 12.0. The largest absolute Gasteiger partial charge is 0.386 e. The monoisotopic (exact) mass is 281 g/mol. The van der Waals surface area contributed by atoms with Crippen LogP contribution in [-0.4, -0.2) is 34.4 Å². The predicted molar refractivity (Wildman–Crippen MR) is 78.1 cm³/mol. The van der Waals surface area contributed by atoms with E-state index >= 15 is 0 Å². The molecule has 19 heavy (non-hydrogen) atoms. The Morgan fingerprint density at radius 3 is 2.58 bits per heavy atom. The van der Waals surface area contributed by atoms with E-state index in [9.17, 15) is 9.90 Å². The lowest BCUT2D eigenvalue weighted by Crippen LogP contribution is -2.42. The summed E-state index contributed by atoms with van der Waals surface area (Å²) < 4.78 is 0. The van der Waals surface area contributed by atoms with Gasteiger partial charge in [-0.2, -0.15) is 0 Å². The van der Waals surface area contributed by atoms with Crippen molar-refractivity contribution < 1.29 is 9.90 Å². The van der Waals surface area contributed by atoms with Gasteiger partial charge < -0.3 is 10.0 Å². The van der Waals surface area contributed by atoms with E-state index in [0.29, 0.717) is 6.42 Å². The van der Waals surface area contributed by atoms with Crippen molar-refractivity contribution in [1.82, 2.24) is 4.90 Å². The zero-order valence-electron chi connectivity index (χ0n) is 11.3. The van der Waals surface area contributed by atoms with Crippen LogP contribution in [0.15, 0.2) is 43.0 Å². The normalized spacial score (nSPS) is 15.4. The highest BCUT2D eigenvalue weighted by Crippen LogP contribution is 2.21. The minimum absolute atomic E-state index is 0.205. The van der Waals surface area contributed by atoms with E-state index in [1.54, 1.807) is 20.0 Å². The fraction of sp³-hybridized carbons (Fsp3) is 0.400. The molecule has 0 bridgehead atoms. The average molecular weight is 282 g/mol. The summed E-state index contributed by atoms with van der Waals surface area (Å²) in [7, 11) is 1.65. The summed E-state index contributed by atoms with van der Waals surface area (Å²) in [5.74, 6) is -0.205. The summed E-state index contributed by atoms with van der Waals surface area (Å²) in [4.78, 5) is 13.5. The molecule has 1 aromatic rings. The average Bonchev–Trinajstić information content (AvgIpc) is 2.45. The number of halogens is 1. The summed E-state index contributed by atoms with van der Waals surface area (Å²) >= 11 is 5.98. The Morgan fingerprint density at radius 2 is 2.05 bits per heavy atom. The molecule has 1 rings (SSSR count). The zero-order valence-corrected chi connectivity index (χ0v) is 12.0. The molecule has 0 spiro atoms. The van der Waals surface area contributed by atoms with Crippen LogP contribution >= 0.6 is 11.6 Å². The molecule has 1 amide bonds. The number of nitrogens with zero attached hydrogens (tertiary/aromatic N) is 1. The second-order valence-electron chi connectivity index (χ2n) is 4.54. The van der Waals surface area contributed by atoms with Gasteiger partial charge in [0.15, 0.2) is 0 Å². The number of carbonyl (C=O) groups excluding carboxylic acids is 1. The van der Waals surface area contributed by atoms with Crippen molar-refractivity contribution in [2.24, 2.45) is 0 Å². The minimum Gasteiger partial charge on any atom is -0.386 e. The van der Waals surface area contributed by atoms with E-state index in [2.05, 4.69) is 6.58 Å². The molecule has 0 aliphatic rings. The minimum atomic E-state index is -0.734. The Kier molecular flexibility index (Phi) is 6.06. The molecule has 3 nitrogen and oxygen atoms in total. The Hall–Kier alpha value is -1.32. The molecule has 0 fully saturated rings. The van der Waals surface area contributed by atoms with Gasteiger partial charge in [0.25, 0.3) is 0 Å². The van der Waals surface area contributed by atoms with E-state index in [4.69, 9.17) is 11.6 Å². The maximum atomic E-state index is 12.0. The summed E-state index contributed by atoms with van der Waals surface area (Å²) in [6.07, 6.45) is 1.29. The van der Waals surface area contributed by atoms with Crippen LogP contribution in [0.25, 0.3) is 0 Å². The number of hydrogen-bond donors (Lipinski definition) is 1. The molecule has 1 N–H and O–H groups in total. The van der Waals surface area contributed by atoms with Crippen LogP contribution in [-0.2, 0) is 4.79 Å². The molecule has 0 saturated carbocycles. The topological polar surface area (TPSA) is 40.5 Å². The van der Waals surface area contributed by atoms with Crippen LogP contribution in [0.1, 0.15) is 25.0 Å². The summed E-state index contributed by atoms with van der Waals surface area (Å²) in [5.41, 5.74) is 0.782. The number of hydrogen-bond acceptors (Lipinski definition) is 2. The number of likely N-dealkylation sites (N-methyl/N-ethyl adjacent to an activating group) is 1. The second-order valence-corrected chi connectivity index (χ2v) is 5.06. The summed E-state index contributed by atoms with van der Waals surface area (Å²) in [6, 6.07) is 8.92. The third kappa shape index (κ3) is 4.08. The Labute approximate surface area is 119 Å². The molecule has 0 saturated heterocycles. The number of alkyl halides is 1. The van der Waals surface area contributed by atoms with E-state index < -0.39 is 11.5 Å². The van der Waals surface area contributed by atoms with Gasteiger partial charge in [-0.05, 0) is 18.9 Å². The molecule has 1 aromatic carbocycles. The Balaban J connectivity index is 2.73. The number of amides is 1. The molecule has 0 aliphatic carbocycles. The van der Waals surface area contributed by atoms with Crippen molar-refractivity contribution in [2.75, 3.05) is 7.05 Å². The van der Waals surface area contributed by atoms with Gasteiger partial charge in [-0.1, -0.05) is 36.4 Å². The smallest absolute Gasteiger partial charge is 0.241 e. The summed E-state index contributed by atoms with van der Waals surface area (Å²) in [6.45, 7) is 5.36. The van der Waals surface area contributed by atoms with Crippen molar-refractivity contribution in [3.63, 3.8) is 0 Å². The quantitative estimate of drug-likeness (QED) is 0.643. The van der Waals surface area contributed by atoms with E-state index in [-0.39, 0.29) is 11.9 Å². The van der Waals surface area contributed by atoms with Gasteiger partial charge in [0, 0.05) is 7.05 Å². The Bertz CT molecular complexity index is 421. The number of benzene rings is 1. The standard InChI is InChI=1S/C15H20ClNO2/c1-4-8-13(16)15(19)17(3)11(2)14(18)12-9-6-5-7-10-12/h4-7,9-11,13-14,18H,1,8H2,2-3H3/t11-,13?,14+/m0/s1. The SMILES string of the molecule is C=CCC(Cl)C(=O)N(C)[C@@H](C)[C@@H](O)c1ccccc1. The molecule has 0 radical (unpaired) electrons. The lowest BCUT2D eigenvalue weighted by Gasteiger charge is -2.30. The van der Waals surface area contributed by atoms with Crippen LogP contribution in [0.5, 0.6) is 0 Å². The lowest BCUT2D eigenvalue weighted by molar-refractivity contribution is -0.133. The molecule has 0 aromatic heterocycles. The van der Waals surface area contributed by atoms with Gasteiger partial charge in [0.2, 0.25) is 5.91 Å². The van der Waals surface area contributed by atoms with Crippen molar-refractivity contribution in [1.29, 1.82) is 0 Å². The van der Waals surface area contributed by atoms with Gasteiger partial charge in [0.1, 0.15) is 5.38 Å². The molecule has 104 valence electrons. The zero-order chi connectivity index (χ0) is 14.4. The van der Waals surface area contributed by atoms with Gasteiger partial charge in [-0.15, -0.1) is 18.2 Å². The van der Waals surface area contributed by atoms with E-state index in [1.165, 1.54) is 4.90 Å². The highest BCUT2D eigenvalue weighted by Gasteiger charge is 2.27.